The molecule has 0 amide bonds. The van der Waals surface area contributed by atoms with E-state index in [0.29, 0.717) is 6.61 Å². The lowest BCUT2D eigenvalue weighted by atomic mass is 10.1. The Labute approximate surface area is 86.4 Å². The van der Waals surface area contributed by atoms with Gasteiger partial charge in [0.25, 0.3) is 0 Å². The van der Waals surface area contributed by atoms with E-state index >= 15 is 0 Å². The molecule has 0 aromatic rings. The molecule has 0 N–H and O–H groups in total. The highest BCUT2D eigenvalue weighted by atomic mass is 16.5. The second-order valence-corrected chi connectivity index (χ2v) is 4.85. The van der Waals surface area contributed by atoms with Crippen molar-refractivity contribution in [3.8, 4) is 0 Å². The molecule has 0 spiro atoms. The quantitative estimate of drug-likeness (QED) is 0.634. The Morgan fingerprint density at radius 2 is 2.14 bits per heavy atom. The minimum atomic E-state index is -0.0285. The molecule has 3 heteroatoms. The Bertz CT molecular complexity index is 208. The maximum atomic E-state index is 11.5. The molecule has 0 radical (unpaired) electrons. The van der Waals surface area contributed by atoms with E-state index in [1.165, 1.54) is 0 Å². The van der Waals surface area contributed by atoms with E-state index in [9.17, 15) is 4.79 Å². The molecule has 1 unspecified atom stereocenters. The van der Waals surface area contributed by atoms with Crippen molar-refractivity contribution in [1.29, 1.82) is 0 Å². The third-order valence-corrected chi connectivity index (χ3v) is 2.76. The fourth-order valence-electron chi connectivity index (χ4n) is 1.82. The lowest BCUT2D eigenvalue weighted by molar-refractivity contribution is -0.147. The first-order valence-corrected chi connectivity index (χ1v) is 5.37. The molecule has 1 fully saturated rings. The van der Waals surface area contributed by atoms with Crippen LogP contribution >= 0.6 is 0 Å². The van der Waals surface area contributed by atoms with Gasteiger partial charge in [0.15, 0.2) is 0 Å². The van der Waals surface area contributed by atoms with Gasteiger partial charge in [-0.1, -0.05) is 0 Å². The second kappa shape index (κ2) is 4.30. The van der Waals surface area contributed by atoms with Gasteiger partial charge in [0.05, 0.1) is 12.5 Å². The van der Waals surface area contributed by atoms with Gasteiger partial charge in [-0.2, -0.15) is 0 Å². The minimum Gasteiger partial charge on any atom is -0.466 e. The zero-order chi connectivity index (χ0) is 10.8. The predicted octanol–water partition coefficient (Wildman–Crippen LogP) is 1.67. The number of esters is 1. The van der Waals surface area contributed by atoms with E-state index in [1.807, 2.05) is 6.92 Å². The zero-order valence-corrected chi connectivity index (χ0v) is 9.67. The van der Waals surface area contributed by atoms with E-state index in [4.69, 9.17) is 4.74 Å². The van der Waals surface area contributed by atoms with Crippen molar-refractivity contribution in [2.24, 2.45) is 5.92 Å². The number of hydrogen-bond donors (Lipinski definition) is 0. The van der Waals surface area contributed by atoms with Crippen molar-refractivity contribution >= 4 is 5.97 Å². The molecule has 3 nitrogen and oxygen atoms in total. The zero-order valence-electron chi connectivity index (χ0n) is 9.67. The molecule has 1 aliphatic rings. The number of ether oxygens (including phenoxy) is 1. The van der Waals surface area contributed by atoms with Crippen molar-refractivity contribution in [2.75, 3.05) is 19.7 Å². The van der Waals surface area contributed by atoms with Crippen molar-refractivity contribution in [3.05, 3.63) is 0 Å². The van der Waals surface area contributed by atoms with Gasteiger partial charge in [-0.15, -0.1) is 0 Å². The van der Waals surface area contributed by atoms with Crippen LogP contribution < -0.4 is 0 Å². The highest BCUT2D eigenvalue weighted by molar-refractivity contribution is 5.73. The molecular formula is C11H21NO2. The molecule has 14 heavy (non-hydrogen) atoms. The van der Waals surface area contributed by atoms with Crippen LogP contribution in [0.15, 0.2) is 0 Å². The Morgan fingerprint density at radius 3 is 2.57 bits per heavy atom. The summed E-state index contributed by atoms with van der Waals surface area (Å²) in [5, 5.41) is 0. The van der Waals surface area contributed by atoms with Gasteiger partial charge >= 0.3 is 5.97 Å². The number of nitrogens with zero attached hydrogens (tertiary/aromatic N) is 1. The summed E-state index contributed by atoms with van der Waals surface area (Å²) in [6.45, 7) is 10.7. The van der Waals surface area contributed by atoms with E-state index in [1.54, 1.807) is 0 Å². The number of carbonyl (C=O) groups excluding carboxylic acids is 1. The first-order valence-electron chi connectivity index (χ1n) is 5.37. The van der Waals surface area contributed by atoms with Crippen LogP contribution in [0.2, 0.25) is 0 Å². The van der Waals surface area contributed by atoms with Gasteiger partial charge in [-0.25, -0.2) is 0 Å². The molecule has 82 valence electrons. The highest BCUT2D eigenvalue weighted by Gasteiger charge is 2.34. The van der Waals surface area contributed by atoms with Crippen molar-refractivity contribution in [3.63, 3.8) is 0 Å². The van der Waals surface area contributed by atoms with Crippen LogP contribution in [0.25, 0.3) is 0 Å². The van der Waals surface area contributed by atoms with Crippen molar-refractivity contribution < 1.29 is 9.53 Å². The summed E-state index contributed by atoms with van der Waals surface area (Å²) in [4.78, 5) is 13.8. The Kier molecular flexibility index (Phi) is 3.53. The van der Waals surface area contributed by atoms with Crippen LogP contribution in [0.3, 0.4) is 0 Å². The predicted molar refractivity (Wildman–Crippen MR) is 56.1 cm³/mol. The van der Waals surface area contributed by atoms with E-state index < -0.39 is 0 Å². The SMILES string of the molecule is CCOC(=O)C1CCN(C(C)(C)C)C1. The third-order valence-electron chi connectivity index (χ3n) is 2.76. The van der Waals surface area contributed by atoms with Gasteiger partial charge < -0.3 is 4.74 Å². The molecule has 1 aliphatic heterocycles. The van der Waals surface area contributed by atoms with E-state index in [2.05, 4.69) is 25.7 Å². The van der Waals surface area contributed by atoms with Crippen LogP contribution in [0.4, 0.5) is 0 Å². The lowest BCUT2D eigenvalue weighted by Crippen LogP contribution is -2.40. The fraction of sp³-hybridized carbons (Fsp3) is 0.909. The largest absolute Gasteiger partial charge is 0.466 e. The number of hydrogen-bond acceptors (Lipinski definition) is 3. The van der Waals surface area contributed by atoms with Crippen molar-refractivity contribution in [2.45, 2.75) is 39.7 Å². The Hall–Kier alpha value is -0.570. The number of rotatable bonds is 2. The topological polar surface area (TPSA) is 29.5 Å². The number of carbonyl (C=O) groups is 1. The fourth-order valence-corrected chi connectivity index (χ4v) is 1.82. The van der Waals surface area contributed by atoms with Gasteiger partial charge in [0.2, 0.25) is 0 Å². The molecule has 1 atom stereocenters. The molecule has 0 bridgehead atoms. The monoisotopic (exact) mass is 199 g/mol. The summed E-state index contributed by atoms with van der Waals surface area (Å²) in [7, 11) is 0. The first-order chi connectivity index (χ1) is 6.45. The van der Waals surface area contributed by atoms with Crippen LogP contribution in [-0.4, -0.2) is 36.1 Å². The summed E-state index contributed by atoms with van der Waals surface area (Å²) in [6.07, 6.45) is 0.941. The summed E-state index contributed by atoms with van der Waals surface area (Å²) in [5.74, 6) is 0.0634. The molecule has 0 aromatic heterocycles. The van der Waals surface area contributed by atoms with Crippen molar-refractivity contribution in [1.82, 2.24) is 4.90 Å². The average molecular weight is 199 g/mol. The van der Waals surface area contributed by atoms with Crippen LogP contribution in [0.5, 0.6) is 0 Å². The van der Waals surface area contributed by atoms with Crippen LogP contribution in [-0.2, 0) is 9.53 Å². The summed E-state index contributed by atoms with van der Waals surface area (Å²) in [5.41, 5.74) is 0.168. The highest BCUT2D eigenvalue weighted by Crippen LogP contribution is 2.24. The molecule has 0 aliphatic carbocycles. The Balaban J connectivity index is 2.45. The summed E-state index contributed by atoms with van der Waals surface area (Å²) < 4.78 is 5.02. The lowest BCUT2D eigenvalue weighted by Gasteiger charge is -2.31. The Morgan fingerprint density at radius 1 is 1.50 bits per heavy atom. The smallest absolute Gasteiger partial charge is 0.310 e. The molecule has 1 saturated heterocycles. The maximum Gasteiger partial charge on any atom is 0.310 e. The molecule has 0 saturated carbocycles. The minimum absolute atomic E-state index is 0.0285. The number of likely N-dealkylation sites (tertiary alicyclic amines) is 1. The summed E-state index contributed by atoms with van der Waals surface area (Å²) >= 11 is 0. The maximum absolute atomic E-state index is 11.5. The molecule has 0 aromatic carbocycles. The third kappa shape index (κ3) is 2.71. The van der Waals surface area contributed by atoms with Crippen LogP contribution in [0.1, 0.15) is 34.1 Å². The first kappa shape index (κ1) is 11.5. The van der Waals surface area contributed by atoms with Gasteiger partial charge in [-0.05, 0) is 40.7 Å². The normalized spacial score (nSPS) is 23.9. The van der Waals surface area contributed by atoms with Gasteiger partial charge in [0.1, 0.15) is 0 Å². The average Bonchev–Trinajstić information content (AvgIpc) is 2.51. The van der Waals surface area contributed by atoms with Crippen LogP contribution in [0, 0.1) is 5.92 Å². The van der Waals surface area contributed by atoms with Gasteiger partial charge in [0, 0.05) is 12.1 Å². The van der Waals surface area contributed by atoms with Gasteiger partial charge in [-0.3, -0.25) is 9.69 Å². The standard InChI is InChI=1S/C11H21NO2/c1-5-14-10(13)9-6-7-12(8-9)11(2,3)4/h9H,5-8H2,1-4H3. The molecule has 1 heterocycles. The molecular weight excluding hydrogens is 178 g/mol. The summed E-state index contributed by atoms with van der Waals surface area (Å²) in [6, 6.07) is 0. The molecule has 1 rings (SSSR count). The second-order valence-electron chi connectivity index (χ2n) is 4.85. The van der Waals surface area contributed by atoms with E-state index in [0.717, 1.165) is 19.5 Å². The van der Waals surface area contributed by atoms with E-state index in [-0.39, 0.29) is 17.4 Å².